The quantitative estimate of drug-likeness (QED) is 0.814. The van der Waals surface area contributed by atoms with Crippen molar-refractivity contribution in [2.24, 2.45) is 5.73 Å². The second-order valence-electron chi connectivity index (χ2n) is 2.72. The Morgan fingerprint density at radius 2 is 2.25 bits per heavy atom. The van der Waals surface area contributed by atoms with Gasteiger partial charge in [0.2, 0.25) is 0 Å². The second-order valence-corrected chi connectivity index (χ2v) is 3.97. The maximum absolute atomic E-state index is 9.27. The largest absolute Gasteiger partial charge is 0.391 e. The van der Waals surface area contributed by atoms with E-state index in [1.54, 1.807) is 0 Å². The molecule has 0 amide bonds. The Morgan fingerprint density at radius 1 is 1.50 bits per heavy atom. The van der Waals surface area contributed by atoms with Crippen molar-refractivity contribution in [2.45, 2.75) is 12.5 Å². The Morgan fingerprint density at radius 3 is 2.83 bits per heavy atom. The number of hydrogen-bond donors (Lipinski definition) is 2. The molecule has 0 saturated heterocycles. The van der Waals surface area contributed by atoms with Crippen LogP contribution in [-0.2, 0) is 6.42 Å². The van der Waals surface area contributed by atoms with Gasteiger partial charge in [-0.25, -0.2) is 0 Å². The minimum Gasteiger partial charge on any atom is -0.391 e. The summed E-state index contributed by atoms with van der Waals surface area (Å²) in [6.07, 6.45) is 0.232. The predicted molar refractivity (Wildman–Crippen MR) is 57.9 cm³/mol. The van der Waals surface area contributed by atoms with Gasteiger partial charge < -0.3 is 10.8 Å². The Balaban J connectivity index is 2.63. The molecule has 0 aliphatic rings. The van der Waals surface area contributed by atoms with Gasteiger partial charge in [-0.05, 0) is 46.7 Å². The summed E-state index contributed by atoms with van der Waals surface area (Å²) in [5.74, 6) is 0. The highest BCUT2D eigenvalue weighted by Crippen LogP contribution is 2.09. The van der Waals surface area contributed by atoms with Gasteiger partial charge in [0.05, 0.1) is 6.10 Å². The Hall–Kier alpha value is -0.130. The third-order valence-corrected chi connectivity index (χ3v) is 2.30. The van der Waals surface area contributed by atoms with Gasteiger partial charge in [-0.3, -0.25) is 0 Å². The van der Waals surface area contributed by atoms with Gasteiger partial charge >= 0.3 is 0 Å². The van der Waals surface area contributed by atoms with Crippen molar-refractivity contribution in [3.05, 3.63) is 33.4 Å². The second kappa shape index (κ2) is 4.79. The zero-order valence-electron chi connectivity index (χ0n) is 6.70. The number of aliphatic hydroxyl groups is 1. The molecule has 0 aliphatic heterocycles. The fourth-order valence-corrected chi connectivity index (χ4v) is 1.63. The molecule has 1 aromatic carbocycles. The number of hydrogen-bond acceptors (Lipinski definition) is 2. The van der Waals surface area contributed by atoms with Crippen LogP contribution in [0.15, 0.2) is 24.3 Å². The number of halogens is 1. The van der Waals surface area contributed by atoms with E-state index < -0.39 is 6.10 Å². The highest BCUT2D eigenvalue weighted by molar-refractivity contribution is 14.1. The first-order chi connectivity index (χ1) is 5.72. The van der Waals surface area contributed by atoms with Crippen molar-refractivity contribution in [3.63, 3.8) is 0 Å². The zero-order chi connectivity index (χ0) is 8.97. The van der Waals surface area contributed by atoms with Gasteiger partial charge in [0.25, 0.3) is 0 Å². The van der Waals surface area contributed by atoms with E-state index in [9.17, 15) is 5.11 Å². The topological polar surface area (TPSA) is 46.2 Å². The van der Waals surface area contributed by atoms with E-state index in [1.165, 1.54) is 3.57 Å². The summed E-state index contributed by atoms with van der Waals surface area (Å²) in [5, 5.41) is 9.27. The molecule has 1 unspecified atom stereocenters. The molecular weight excluding hydrogens is 265 g/mol. The fraction of sp³-hybridized carbons (Fsp3) is 0.333. The molecule has 12 heavy (non-hydrogen) atoms. The standard InChI is InChI=1S/C9H12INO/c10-8-3-1-2-7(4-8)5-9(12)6-11/h1-4,9,12H,5-6,11H2. The van der Waals surface area contributed by atoms with Crippen molar-refractivity contribution < 1.29 is 5.11 Å². The summed E-state index contributed by atoms with van der Waals surface area (Å²) in [7, 11) is 0. The summed E-state index contributed by atoms with van der Waals surface area (Å²) < 4.78 is 1.19. The average molecular weight is 277 g/mol. The van der Waals surface area contributed by atoms with E-state index >= 15 is 0 Å². The minimum atomic E-state index is -0.414. The van der Waals surface area contributed by atoms with Gasteiger partial charge in [-0.15, -0.1) is 0 Å². The Bertz CT molecular complexity index is 252. The smallest absolute Gasteiger partial charge is 0.0702 e. The number of nitrogens with two attached hydrogens (primary N) is 1. The molecule has 0 fully saturated rings. The van der Waals surface area contributed by atoms with Crippen LogP contribution in [0.25, 0.3) is 0 Å². The van der Waals surface area contributed by atoms with Crippen molar-refractivity contribution in [1.82, 2.24) is 0 Å². The molecule has 1 rings (SSSR count). The van der Waals surface area contributed by atoms with Crippen LogP contribution < -0.4 is 5.73 Å². The lowest BCUT2D eigenvalue weighted by Crippen LogP contribution is -2.21. The number of benzene rings is 1. The molecular formula is C9H12INO. The van der Waals surface area contributed by atoms with E-state index in [-0.39, 0.29) is 0 Å². The highest BCUT2D eigenvalue weighted by Gasteiger charge is 2.02. The van der Waals surface area contributed by atoms with E-state index in [0.717, 1.165) is 5.56 Å². The van der Waals surface area contributed by atoms with Gasteiger partial charge in [0, 0.05) is 10.1 Å². The summed E-state index contributed by atoms with van der Waals surface area (Å²) in [5.41, 5.74) is 6.44. The monoisotopic (exact) mass is 277 g/mol. The summed E-state index contributed by atoms with van der Waals surface area (Å²) in [4.78, 5) is 0. The lowest BCUT2D eigenvalue weighted by Gasteiger charge is -2.07. The fourth-order valence-electron chi connectivity index (χ4n) is 1.02. The molecule has 0 aliphatic carbocycles. The first kappa shape index (κ1) is 9.95. The molecule has 0 saturated carbocycles. The highest BCUT2D eigenvalue weighted by atomic mass is 127. The lowest BCUT2D eigenvalue weighted by molar-refractivity contribution is 0.183. The van der Waals surface area contributed by atoms with Gasteiger partial charge in [-0.2, -0.15) is 0 Å². The predicted octanol–water partition coefficient (Wildman–Crippen LogP) is 1.15. The van der Waals surface area contributed by atoms with Gasteiger partial charge in [0.1, 0.15) is 0 Å². The summed E-state index contributed by atoms with van der Waals surface area (Å²) in [6, 6.07) is 8.07. The molecule has 1 atom stereocenters. The maximum Gasteiger partial charge on any atom is 0.0702 e. The van der Waals surface area contributed by atoms with Crippen LogP contribution in [0.3, 0.4) is 0 Å². The van der Waals surface area contributed by atoms with Gasteiger partial charge in [-0.1, -0.05) is 12.1 Å². The molecule has 0 aromatic heterocycles. The third kappa shape index (κ3) is 3.08. The van der Waals surface area contributed by atoms with Crippen molar-refractivity contribution in [3.8, 4) is 0 Å². The van der Waals surface area contributed by atoms with Crippen molar-refractivity contribution >= 4 is 22.6 Å². The first-order valence-corrected chi connectivity index (χ1v) is 4.93. The van der Waals surface area contributed by atoms with Gasteiger partial charge in [0.15, 0.2) is 0 Å². The van der Waals surface area contributed by atoms with Crippen LogP contribution in [0.4, 0.5) is 0 Å². The number of aliphatic hydroxyl groups excluding tert-OH is 1. The maximum atomic E-state index is 9.27. The van der Waals surface area contributed by atoms with Crippen LogP contribution in [-0.4, -0.2) is 17.8 Å². The zero-order valence-corrected chi connectivity index (χ0v) is 8.86. The molecule has 3 N–H and O–H groups in total. The normalized spacial score (nSPS) is 12.9. The molecule has 1 aromatic rings. The molecule has 2 nitrogen and oxygen atoms in total. The van der Waals surface area contributed by atoms with Crippen LogP contribution in [0.2, 0.25) is 0 Å². The average Bonchev–Trinajstić information content (AvgIpc) is 2.04. The van der Waals surface area contributed by atoms with Crippen LogP contribution in [0.1, 0.15) is 5.56 Å². The molecule has 0 radical (unpaired) electrons. The van der Waals surface area contributed by atoms with Crippen LogP contribution >= 0.6 is 22.6 Å². The van der Waals surface area contributed by atoms with E-state index in [4.69, 9.17) is 5.73 Å². The Labute approximate surface area is 85.9 Å². The Kier molecular flexibility index (Phi) is 3.97. The summed E-state index contributed by atoms with van der Waals surface area (Å²) >= 11 is 2.25. The molecule has 0 bridgehead atoms. The molecule has 0 heterocycles. The third-order valence-electron chi connectivity index (χ3n) is 1.63. The van der Waals surface area contributed by atoms with E-state index in [1.807, 2.05) is 18.2 Å². The van der Waals surface area contributed by atoms with E-state index in [2.05, 4.69) is 28.7 Å². The van der Waals surface area contributed by atoms with E-state index in [0.29, 0.717) is 13.0 Å². The first-order valence-electron chi connectivity index (χ1n) is 3.85. The summed E-state index contributed by atoms with van der Waals surface area (Å²) in [6.45, 7) is 0.325. The van der Waals surface area contributed by atoms with Crippen molar-refractivity contribution in [2.75, 3.05) is 6.54 Å². The van der Waals surface area contributed by atoms with Crippen LogP contribution in [0, 0.1) is 3.57 Å². The SMILES string of the molecule is NCC(O)Cc1cccc(I)c1. The molecule has 3 heteroatoms. The van der Waals surface area contributed by atoms with Crippen molar-refractivity contribution in [1.29, 1.82) is 0 Å². The number of rotatable bonds is 3. The lowest BCUT2D eigenvalue weighted by atomic mass is 10.1. The molecule has 0 spiro atoms. The molecule has 66 valence electrons. The minimum absolute atomic E-state index is 0.325. The van der Waals surface area contributed by atoms with Crippen LogP contribution in [0.5, 0.6) is 0 Å².